The predicted octanol–water partition coefficient (Wildman–Crippen LogP) is 1.23. The number of nitrogens with zero attached hydrogens (tertiary/aromatic N) is 1. The molecule has 0 amide bonds. The summed E-state index contributed by atoms with van der Waals surface area (Å²) in [5, 5.41) is 2.82. The molecule has 0 spiro atoms. The van der Waals surface area contributed by atoms with Gasteiger partial charge < -0.3 is 14.8 Å². The van der Waals surface area contributed by atoms with Gasteiger partial charge in [0.1, 0.15) is 17.4 Å². The number of nitrogens with one attached hydrogen (secondary N) is 1. The number of anilines is 1. The van der Waals surface area contributed by atoms with Crippen molar-refractivity contribution in [1.29, 1.82) is 0 Å². The standard InChI is InChI=1S/C12H16N2O4/c1-4-18-11(15)8(2)14-10-9(12(16)17-3)6-5-7-13-10/h5-8H,4H2,1-3H3,(H,13,14). The highest BCUT2D eigenvalue weighted by Gasteiger charge is 2.18. The Morgan fingerprint density at radius 2 is 2.22 bits per heavy atom. The summed E-state index contributed by atoms with van der Waals surface area (Å²) in [7, 11) is 1.29. The van der Waals surface area contributed by atoms with Gasteiger partial charge in [-0.25, -0.2) is 14.6 Å². The number of hydrogen-bond donors (Lipinski definition) is 1. The van der Waals surface area contributed by atoms with Crippen LogP contribution in [0.5, 0.6) is 0 Å². The molecule has 0 aromatic carbocycles. The van der Waals surface area contributed by atoms with Crippen molar-refractivity contribution in [3.05, 3.63) is 23.9 Å². The lowest BCUT2D eigenvalue weighted by molar-refractivity contribution is -0.143. The highest BCUT2D eigenvalue weighted by Crippen LogP contribution is 2.14. The van der Waals surface area contributed by atoms with E-state index in [0.29, 0.717) is 12.4 Å². The van der Waals surface area contributed by atoms with Gasteiger partial charge in [-0.15, -0.1) is 0 Å². The molecule has 0 radical (unpaired) electrons. The number of carbonyl (C=O) groups is 2. The summed E-state index contributed by atoms with van der Waals surface area (Å²) in [6.07, 6.45) is 1.52. The lowest BCUT2D eigenvalue weighted by atomic mass is 10.2. The fourth-order valence-corrected chi connectivity index (χ4v) is 1.33. The van der Waals surface area contributed by atoms with Crippen molar-refractivity contribution in [2.45, 2.75) is 19.9 Å². The summed E-state index contributed by atoms with van der Waals surface area (Å²) in [6, 6.07) is 2.59. The minimum atomic E-state index is -0.594. The van der Waals surface area contributed by atoms with Gasteiger partial charge in [0.25, 0.3) is 0 Å². The molecule has 0 aliphatic rings. The van der Waals surface area contributed by atoms with Crippen molar-refractivity contribution in [3.63, 3.8) is 0 Å². The lowest BCUT2D eigenvalue weighted by Crippen LogP contribution is -2.29. The number of aromatic nitrogens is 1. The average molecular weight is 252 g/mol. The number of hydrogen-bond acceptors (Lipinski definition) is 6. The van der Waals surface area contributed by atoms with Gasteiger partial charge in [0.05, 0.1) is 13.7 Å². The maximum atomic E-state index is 11.5. The van der Waals surface area contributed by atoms with Crippen LogP contribution in [0.15, 0.2) is 18.3 Å². The molecule has 6 nitrogen and oxygen atoms in total. The first-order valence-corrected chi connectivity index (χ1v) is 5.56. The number of methoxy groups -OCH3 is 1. The molecule has 1 atom stereocenters. The smallest absolute Gasteiger partial charge is 0.341 e. The summed E-state index contributed by atoms with van der Waals surface area (Å²) in [4.78, 5) is 27.0. The topological polar surface area (TPSA) is 77.5 Å². The Morgan fingerprint density at radius 3 is 2.83 bits per heavy atom. The van der Waals surface area contributed by atoms with E-state index in [2.05, 4.69) is 15.0 Å². The average Bonchev–Trinajstić information content (AvgIpc) is 2.38. The number of carbonyl (C=O) groups excluding carboxylic acids is 2. The molecule has 0 bridgehead atoms. The Balaban J connectivity index is 2.84. The summed E-state index contributed by atoms with van der Waals surface area (Å²) < 4.78 is 9.49. The molecular weight excluding hydrogens is 236 g/mol. The van der Waals surface area contributed by atoms with Crippen LogP contribution in [0.4, 0.5) is 5.82 Å². The Hall–Kier alpha value is -2.11. The van der Waals surface area contributed by atoms with E-state index >= 15 is 0 Å². The van der Waals surface area contributed by atoms with Crippen LogP contribution in [0.3, 0.4) is 0 Å². The van der Waals surface area contributed by atoms with Crippen molar-refractivity contribution in [1.82, 2.24) is 4.98 Å². The molecule has 98 valence electrons. The fraction of sp³-hybridized carbons (Fsp3) is 0.417. The zero-order valence-electron chi connectivity index (χ0n) is 10.6. The summed E-state index contributed by atoms with van der Waals surface area (Å²) in [5.74, 6) is -0.620. The molecule has 0 saturated carbocycles. The van der Waals surface area contributed by atoms with Crippen LogP contribution in [0.1, 0.15) is 24.2 Å². The third-order valence-corrected chi connectivity index (χ3v) is 2.21. The van der Waals surface area contributed by atoms with Gasteiger partial charge in [-0.3, -0.25) is 0 Å². The fourth-order valence-electron chi connectivity index (χ4n) is 1.33. The second-order valence-electron chi connectivity index (χ2n) is 3.51. The van der Waals surface area contributed by atoms with Gasteiger partial charge >= 0.3 is 11.9 Å². The van der Waals surface area contributed by atoms with Crippen molar-refractivity contribution >= 4 is 17.8 Å². The Kier molecular flexibility index (Phi) is 5.10. The molecule has 6 heteroatoms. The third kappa shape index (κ3) is 3.44. The van der Waals surface area contributed by atoms with Crippen LogP contribution >= 0.6 is 0 Å². The first-order valence-electron chi connectivity index (χ1n) is 5.56. The van der Waals surface area contributed by atoms with Gasteiger partial charge in [0.2, 0.25) is 0 Å². The third-order valence-electron chi connectivity index (χ3n) is 2.21. The molecule has 0 aliphatic carbocycles. The maximum Gasteiger partial charge on any atom is 0.341 e. The summed E-state index contributed by atoms with van der Waals surface area (Å²) in [6.45, 7) is 3.66. The van der Waals surface area contributed by atoms with E-state index < -0.39 is 18.0 Å². The van der Waals surface area contributed by atoms with Crippen LogP contribution in [0, 0.1) is 0 Å². The molecule has 1 unspecified atom stereocenters. The van der Waals surface area contributed by atoms with Crippen LogP contribution in [0.2, 0.25) is 0 Å². The van der Waals surface area contributed by atoms with Crippen LogP contribution < -0.4 is 5.32 Å². The Labute approximate surface area is 105 Å². The highest BCUT2D eigenvalue weighted by atomic mass is 16.5. The second kappa shape index (κ2) is 6.58. The number of rotatable bonds is 5. The Morgan fingerprint density at radius 1 is 1.50 bits per heavy atom. The minimum absolute atomic E-state index is 0.274. The quantitative estimate of drug-likeness (QED) is 0.794. The molecule has 1 aromatic heterocycles. The Bertz CT molecular complexity index is 434. The largest absolute Gasteiger partial charge is 0.465 e. The number of pyridine rings is 1. The van der Waals surface area contributed by atoms with E-state index in [1.54, 1.807) is 26.0 Å². The molecule has 0 fully saturated rings. The zero-order chi connectivity index (χ0) is 13.5. The monoisotopic (exact) mass is 252 g/mol. The zero-order valence-corrected chi connectivity index (χ0v) is 10.6. The molecule has 1 rings (SSSR count). The van der Waals surface area contributed by atoms with Crippen molar-refractivity contribution in [2.24, 2.45) is 0 Å². The van der Waals surface area contributed by atoms with E-state index in [9.17, 15) is 9.59 Å². The molecule has 1 heterocycles. The first kappa shape index (κ1) is 14.0. The van der Waals surface area contributed by atoms with Crippen molar-refractivity contribution in [3.8, 4) is 0 Å². The second-order valence-corrected chi connectivity index (χ2v) is 3.51. The van der Waals surface area contributed by atoms with E-state index in [4.69, 9.17) is 4.74 Å². The normalized spacial score (nSPS) is 11.5. The van der Waals surface area contributed by atoms with Gasteiger partial charge in [-0.05, 0) is 26.0 Å². The van der Waals surface area contributed by atoms with Gasteiger partial charge in [0, 0.05) is 6.20 Å². The van der Waals surface area contributed by atoms with E-state index in [1.165, 1.54) is 13.3 Å². The van der Waals surface area contributed by atoms with Crippen molar-refractivity contribution < 1.29 is 19.1 Å². The number of ether oxygens (including phenoxy) is 2. The van der Waals surface area contributed by atoms with Crippen LogP contribution in [-0.4, -0.2) is 36.7 Å². The molecule has 0 aliphatic heterocycles. The van der Waals surface area contributed by atoms with Gasteiger partial charge in [-0.1, -0.05) is 0 Å². The van der Waals surface area contributed by atoms with Crippen molar-refractivity contribution in [2.75, 3.05) is 19.0 Å². The highest BCUT2D eigenvalue weighted by molar-refractivity contribution is 5.95. The van der Waals surface area contributed by atoms with Gasteiger partial charge in [0.15, 0.2) is 0 Å². The van der Waals surface area contributed by atoms with E-state index in [-0.39, 0.29) is 5.56 Å². The number of esters is 2. The molecule has 1 aromatic rings. The lowest BCUT2D eigenvalue weighted by Gasteiger charge is -2.14. The predicted molar refractivity (Wildman–Crippen MR) is 65.3 cm³/mol. The SMILES string of the molecule is CCOC(=O)C(C)Nc1ncccc1C(=O)OC. The van der Waals surface area contributed by atoms with Crippen LogP contribution in [0.25, 0.3) is 0 Å². The first-order chi connectivity index (χ1) is 8.60. The van der Waals surface area contributed by atoms with Crippen LogP contribution in [-0.2, 0) is 14.3 Å². The summed E-state index contributed by atoms with van der Waals surface area (Å²) in [5.41, 5.74) is 0.274. The molecular formula is C12H16N2O4. The molecule has 1 N–H and O–H groups in total. The van der Waals surface area contributed by atoms with Gasteiger partial charge in [-0.2, -0.15) is 0 Å². The van der Waals surface area contributed by atoms with E-state index in [1.807, 2.05) is 0 Å². The minimum Gasteiger partial charge on any atom is -0.465 e. The van der Waals surface area contributed by atoms with E-state index in [0.717, 1.165) is 0 Å². The maximum absolute atomic E-state index is 11.5. The summed E-state index contributed by atoms with van der Waals surface area (Å²) >= 11 is 0. The molecule has 18 heavy (non-hydrogen) atoms. The molecule has 0 saturated heterocycles.